The highest BCUT2D eigenvalue weighted by molar-refractivity contribution is 5.95. The molecular formula is C24H24FN3O2. The molecule has 0 aromatic heterocycles. The predicted molar refractivity (Wildman–Crippen MR) is 115 cm³/mol. The number of hydrogen-bond acceptors (Lipinski definition) is 4. The fourth-order valence-electron chi connectivity index (χ4n) is 3.48. The van der Waals surface area contributed by atoms with Crippen molar-refractivity contribution in [2.75, 3.05) is 25.0 Å². The van der Waals surface area contributed by atoms with Gasteiger partial charge in [0.2, 0.25) is 5.91 Å². The van der Waals surface area contributed by atoms with Crippen molar-refractivity contribution >= 4 is 11.6 Å². The maximum absolute atomic E-state index is 13.0. The first-order chi connectivity index (χ1) is 14.7. The van der Waals surface area contributed by atoms with Crippen LogP contribution in [0.25, 0.3) is 0 Å². The van der Waals surface area contributed by atoms with Crippen LogP contribution in [-0.4, -0.2) is 36.5 Å². The van der Waals surface area contributed by atoms with Crippen LogP contribution < -0.4 is 15.4 Å². The normalized spacial score (nSPS) is 16.8. The molecule has 1 saturated heterocycles. The Bertz CT molecular complexity index is 962. The minimum atomic E-state index is -0.307. The number of nitrogens with zero attached hydrogens (tertiary/aromatic N) is 1. The number of rotatable bonds is 6. The molecule has 3 aromatic rings. The number of piperazine rings is 1. The van der Waals surface area contributed by atoms with Gasteiger partial charge in [0.25, 0.3) is 0 Å². The van der Waals surface area contributed by atoms with Crippen LogP contribution in [0.5, 0.6) is 11.5 Å². The summed E-state index contributed by atoms with van der Waals surface area (Å²) in [5.74, 6) is 0.826. The Labute approximate surface area is 175 Å². The standard InChI is InChI=1S/C24H24FN3O2/c25-19-6-10-21(11-7-19)30-22-12-8-20(9-13-22)27-24(29)23-16-26-14-15-28(23)17-18-4-2-1-3-5-18/h1-13,23,26H,14-17H2,(H,27,29). The molecule has 154 valence electrons. The Hall–Kier alpha value is -3.22. The number of hydrogen-bond donors (Lipinski definition) is 2. The number of halogens is 1. The zero-order valence-electron chi connectivity index (χ0n) is 16.6. The van der Waals surface area contributed by atoms with Gasteiger partial charge in [0, 0.05) is 31.9 Å². The summed E-state index contributed by atoms with van der Waals surface area (Å²) in [7, 11) is 0. The van der Waals surface area contributed by atoms with Crippen molar-refractivity contribution in [3.8, 4) is 11.5 Å². The van der Waals surface area contributed by atoms with Crippen LogP contribution in [0.2, 0.25) is 0 Å². The number of carbonyl (C=O) groups is 1. The minimum absolute atomic E-state index is 0.0367. The van der Waals surface area contributed by atoms with Crippen LogP contribution >= 0.6 is 0 Å². The minimum Gasteiger partial charge on any atom is -0.457 e. The third-order valence-corrected chi connectivity index (χ3v) is 5.06. The van der Waals surface area contributed by atoms with E-state index >= 15 is 0 Å². The monoisotopic (exact) mass is 405 g/mol. The average molecular weight is 405 g/mol. The summed E-state index contributed by atoms with van der Waals surface area (Å²) in [5.41, 5.74) is 1.90. The van der Waals surface area contributed by atoms with Crippen molar-refractivity contribution in [3.63, 3.8) is 0 Å². The molecule has 0 radical (unpaired) electrons. The molecule has 1 aliphatic rings. The Morgan fingerprint density at radius 1 is 1.00 bits per heavy atom. The maximum atomic E-state index is 13.0. The van der Waals surface area contributed by atoms with Gasteiger partial charge < -0.3 is 15.4 Å². The second kappa shape index (κ2) is 9.52. The molecule has 3 aromatic carbocycles. The van der Waals surface area contributed by atoms with Gasteiger partial charge in [-0.1, -0.05) is 30.3 Å². The molecule has 1 heterocycles. The quantitative estimate of drug-likeness (QED) is 0.650. The van der Waals surface area contributed by atoms with Gasteiger partial charge in [-0.3, -0.25) is 9.69 Å². The van der Waals surface area contributed by atoms with E-state index in [1.807, 2.05) is 18.2 Å². The molecule has 1 atom stereocenters. The smallest absolute Gasteiger partial charge is 0.243 e. The molecule has 0 bridgehead atoms. The molecule has 6 heteroatoms. The molecule has 0 aliphatic carbocycles. The van der Waals surface area contributed by atoms with E-state index in [9.17, 15) is 9.18 Å². The lowest BCUT2D eigenvalue weighted by atomic mass is 10.1. The van der Waals surface area contributed by atoms with Crippen molar-refractivity contribution in [2.45, 2.75) is 12.6 Å². The number of anilines is 1. The van der Waals surface area contributed by atoms with Crippen LogP contribution in [0.4, 0.5) is 10.1 Å². The van der Waals surface area contributed by atoms with Gasteiger partial charge in [0.1, 0.15) is 23.4 Å². The van der Waals surface area contributed by atoms with Crippen LogP contribution in [0.15, 0.2) is 78.9 Å². The van der Waals surface area contributed by atoms with Crippen LogP contribution in [-0.2, 0) is 11.3 Å². The first-order valence-corrected chi connectivity index (χ1v) is 10.0. The maximum Gasteiger partial charge on any atom is 0.243 e. The fraction of sp³-hybridized carbons (Fsp3) is 0.208. The van der Waals surface area contributed by atoms with Gasteiger partial charge in [-0.25, -0.2) is 4.39 Å². The molecule has 30 heavy (non-hydrogen) atoms. The lowest BCUT2D eigenvalue weighted by Crippen LogP contribution is -2.55. The highest BCUT2D eigenvalue weighted by Crippen LogP contribution is 2.23. The summed E-state index contributed by atoms with van der Waals surface area (Å²) in [6.07, 6.45) is 0. The lowest BCUT2D eigenvalue weighted by Gasteiger charge is -2.35. The van der Waals surface area contributed by atoms with E-state index < -0.39 is 0 Å². The zero-order valence-corrected chi connectivity index (χ0v) is 16.6. The molecule has 5 nitrogen and oxygen atoms in total. The number of benzene rings is 3. The molecule has 1 amide bonds. The number of carbonyl (C=O) groups excluding carboxylic acids is 1. The summed E-state index contributed by atoms with van der Waals surface area (Å²) in [6.45, 7) is 3.04. The summed E-state index contributed by atoms with van der Waals surface area (Å²) in [4.78, 5) is 15.1. The van der Waals surface area contributed by atoms with Crippen molar-refractivity contribution in [3.05, 3.63) is 90.2 Å². The van der Waals surface area contributed by atoms with Gasteiger partial charge in [0.15, 0.2) is 0 Å². The van der Waals surface area contributed by atoms with Crippen molar-refractivity contribution in [1.29, 1.82) is 0 Å². The van der Waals surface area contributed by atoms with Gasteiger partial charge in [-0.05, 0) is 54.1 Å². The molecule has 1 unspecified atom stereocenters. The number of nitrogens with one attached hydrogen (secondary N) is 2. The molecule has 0 spiro atoms. The van der Waals surface area contributed by atoms with E-state index in [0.717, 1.165) is 19.6 Å². The largest absolute Gasteiger partial charge is 0.457 e. The fourth-order valence-corrected chi connectivity index (χ4v) is 3.48. The van der Waals surface area contributed by atoms with E-state index in [0.29, 0.717) is 23.7 Å². The van der Waals surface area contributed by atoms with E-state index in [-0.39, 0.29) is 17.8 Å². The van der Waals surface area contributed by atoms with Crippen molar-refractivity contribution in [2.24, 2.45) is 0 Å². The molecule has 1 fully saturated rings. The van der Waals surface area contributed by atoms with Gasteiger partial charge in [-0.2, -0.15) is 0 Å². The molecule has 4 rings (SSSR count). The first-order valence-electron chi connectivity index (χ1n) is 10.0. The van der Waals surface area contributed by atoms with Crippen LogP contribution in [0.1, 0.15) is 5.56 Å². The number of amides is 1. The van der Waals surface area contributed by atoms with Crippen molar-refractivity contribution < 1.29 is 13.9 Å². The summed E-state index contributed by atoms with van der Waals surface area (Å²) < 4.78 is 18.7. The average Bonchev–Trinajstić information content (AvgIpc) is 2.78. The summed E-state index contributed by atoms with van der Waals surface area (Å²) in [6, 6.07) is 22.9. The molecule has 2 N–H and O–H groups in total. The highest BCUT2D eigenvalue weighted by Gasteiger charge is 2.28. The summed E-state index contributed by atoms with van der Waals surface area (Å²) in [5, 5.41) is 6.31. The van der Waals surface area contributed by atoms with E-state index in [2.05, 4.69) is 27.7 Å². The second-order valence-corrected chi connectivity index (χ2v) is 7.25. The Morgan fingerprint density at radius 2 is 1.67 bits per heavy atom. The third kappa shape index (κ3) is 5.23. The van der Waals surface area contributed by atoms with E-state index in [4.69, 9.17) is 4.74 Å². The van der Waals surface area contributed by atoms with Gasteiger partial charge in [-0.15, -0.1) is 0 Å². The Morgan fingerprint density at radius 3 is 2.37 bits per heavy atom. The summed E-state index contributed by atoms with van der Waals surface area (Å²) >= 11 is 0. The first kappa shape index (κ1) is 20.1. The molecule has 1 aliphatic heterocycles. The van der Waals surface area contributed by atoms with Crippen molar-refractivity contribution in [1.82, 2.24) is 10.2 Å². The Kier molecular flexibility index (Phi) is 6.37. The van der Waals surface area contributed by atoms with Gasteiger partial charge >= 0.3 is 0 Å². The van der Waals surface area contributed by atoms with Gasteiger partial charge in [0.05, 0.1) is 0 Å². The lowest BCUT2D eigenvalue weighted by molar-refractivity contribution is -0.122. The SMILES string of the molecule is O=C(Nc1ccc(Oc2ccc(F)cc2)cc1)C1CNCCN1Cc1ccccc1. The Balaban J connectivity index is 1.37. The zero-order chi connectivity index (χ0) is 20.8. The predicted octanol–water partition coefficient (Wildman–Crippen LogP) is 4.03. The molecule has 0 saturated carbocycles. The van der Waals surface area contributed by atoms with E-state index in [1.165, 1.54) is 17.7 Å². The topological polar surface area (TPSA) is 53.6 Å². The number of ether oxygens (including phenoxy) is 1. The van der Waals surface area contributed by atoms with E-state index in [1.54, 1.807) is 36.4 Å². The second-order valence-electron chi connectivity index (χ2n) is 7.25. The third-order valence-electron chi connectivity index (χ3n) is 5.06. The van der Waals surface area contributed by atoms with Crippen LogP contribution in [0.3, 0.4) is 0 Å². The molecular weight excluding hydrogens is 381 g/mol. The highest BCUT2D eigenvalue weighted by atomic mass is 19.1. The van der Waals surface area contributed by atoms with Crippen LogP contribution in [0, 0.1) is 5.82 Å².